The van der Waals surface area contributed by atoms with Crippen molar-refractivity contribution in [3.8, 4) is 6.07 Å². The molecule has 214 valence electrons. The summed E-state index contributed by atoms with van der Waals surface area (Å²) in [5.41, 5.74) is 1.45. The van der Waals surface area contributed by atoms with E-state index < -0.39 is 30.0 Å². The Kier molecular flexibility index (Phi) is 8.75. The van der Waals surface area contributed by atoms with Crippen LogP contribution in [0, 0.1) is 11.3 Å². The molecule has 1 saturated carbocycles. The topological polar surface area (TPSA) is 141 Å². The number of amides is 2. The smallest absolute Gasteiger partial charge is 0.333 e. The molecule has 12 heteroatoms. The van der Waals surface area contributed by atoms with Gasteiger partial charge in [-0.05, 0) is 79.9 Å². The first-order chi connectivity index (χ1) is 17.8. The molecule has 3 rings (SSSR count). The predicted molar refractivity (Wildman–Crippen MR) is 156 cm³/mol. The van der Waals surface area contributed by atoms with Gasteiger partial charge in [-0.3, -0.25) is 0 Å². The van der Waals surface area contributed by atoms with Gasteiger partial charge in [-0.1, -0.05) is 34.6 Å². The van der Waals surface area contributed by atoms with Crippen molar-refractivity contribution in [3.63, 3.8) is 0 Å². The fourth-order valence-electron chi connectivity index (χ4n) is 3.74. The van der Waals surface area contributed by atoms with Crippen molar-refractivity contribution in [2.45, 2.75) is 108 Å². The first-order valence-corrected chi connectivity index (χ1v) is 18.3. The summed E-state index contributed by atoms with van der Waals surface area (Å²) in [4.78, 5) is 17.5. The largest absolute Gasteiger partial charge is 0.411 e. The van der Waals surface area contributed by atoms with Crippen LogP contribution in [-0.4, -0.2) is 32.9 Å². The monoisotopic (exact) mass is 592 g/mol. The predicted octanol–water partition coefficient (Wildman–Crippen LogP) is 6.28. The summed E-state index contributed by atoms with van der Waals surface area (Å²) in [7, 11) is -6.59. The number of rotatable bonds is 9. The minimum Gasteiger partial charge on any atom is -0.411 e. The number of nitrogens with zero attached hydrogens (tertiary/aromatic N) is 2. The molecule has 2 aromatic rings. The molecule has 0 radical (unpaired) electrons. The van der Waals surface area contributed by atoms with Gasteiger partial charge in [0.05, 0.1) is 23.9 Å². The molecule has 1 heterocycles. The second kappa shape index (κ2) is 10.9. The van der Waals surface area contributed by atoms with Crippen LogP contribution in [0.1, 0.15) is 101 Å². The highest BCUT2D eigenvalue weighted by atomic mass is 32.2. The van der Waals surface area contributed by atoms with Crippen molar-refractivity contribution < 1.29 is 22.7 Å². The zero-order valence-corrected chi connectivity index (χ0v) is 26.9. The molecule has 0 bridgehead atoms. The Morgan fingerprint density at radius 1 is 1.26 bits per heavy atom. The van der Waals surface area contributed by atoms with Crippen molar-refractivity contribution >= 4 is 41.4 Å². The molecule has 1 aliphatic rings. The van der Waals surface area contributed by atoms with E-state index in [4.69, 9.17) is 4.43 Å². The number of hydrogen-bond donors (Lipinski definition) is 3. The third-order valence-corrected chi connectivity index (χ3v) is 15.0. The van der Waals surface area contributed by atoms with Crippen molar-refractivity contribution in [1.29, 1.82) is 5.26 Å². The molecule has 0 unspecified atom stereocenters. The Morgan fingerprint density at radius 2 is 1.87 bits per heavy atom. The molecular formula is C27H40N4O5S2Si. The maximum Gasteiger partial charge on any atom is 0.333 e. The average Bonchev–Trinajstić information content (AvgIpc) is 3.52. The van der Waals surface area contributed by atoms with Crippen LogP contribution < -0.4 is 10.0 Å². The fraction of sp³-hybridized carbons (Fsp3) is 0.593. The summed E-state index contributed by atoms with van der Waals surface area (Å²) >= 11 is 0.819. The van der Waals surface area contributed by atoms with Gasteiger partial charge >= 0.3 is 6.03 Å². The summed E-state index contributed by atoms with van der Waals surface area (Å²) in [6.45, 7) is 17.3. The quantitative estimate of drug-likeness (QED) is 0.291. The molecule has 39 heavy (non-hydrogen) atoms. The summed E-state index contributed by atoms with van der Waals surface area (Å²) < 4.78 is 35.2. The molecule has 3 N–H and O–H groups in total. The van der Waals surface area contributed by atoms with Crippen LogP contribution in [0.2, 0.25) is 18.1 Å². The van der Waals surface area contributed by atoms with Gasteiger partial charge in [0.2, 0.25) is 0 Å². The minimum atomic E-state index is -4.35. The number of thiazole rings is 1. The molecule has 0 aliphatic heterocycles. The number of sulfonamides is 1. The number of nitriles is 1. The standard InChI is InChI=1S/C27H40N4O5S2Si/c1-16(2)19-12-17(14-28)13-20(18-10-11-18)22(19)30-25(32)31-38(34,35)23-21(29-24(37-23)27(6,7)33)15-36-39(8,9)26(3,4)5/h12-13,16,18,33H,10-11,15H2,1-9H3,(H2,30,31,32). The van der Waals surface area contributed by atoms with E-state index in [1.165, 1.54) is 13.8 Å². The maximum absolute atomic E-state index is 13.5. The van der Waals surface area contributed by atoms with Gasteiger partial charge in [-0.25, -0.2) is 22.9 Å². The van der Waals surface area contributed by atoms with E-state index in [9.17, 15) is 23.6 Å². The number of aliphatic hydroxyl groups is 1. The SMILES string of the molecule is CC(C)c1cc(C#N)cc(C2CC2)c1NC(=O)NS(=O)(=O)c1sc(C(C)(C)O)nc1CO[Si](C)(C)C(C)(C)C. The molecule has 1 aromatic heterocycles. The Balaban J connectivity index is 1.94. The van der Waals surface area contributed by atoms with Crippen molar-refractivity contribution in [2.24, 2.45) is 0 Å². The lowest BCUT2D eigenvalue weighted by Crippen LogP contribution is -2.40. The van der Waals surface area contributed by atoms with Gasteiger partial charge in [0, 0.05) is 5.69 Å². The van der Waals surface area contributed by atoms with Crippen LogP contribution >= 0.6 is 11.3 Å². The Bertz CT molecular complexity index is 1370. The van der Waals surface area contributed by atoms with Crippen LogP contribution in [-0.2, 0) is 26.7 Å². The molecule has 9 nitrogen and oxygen atoms in total. The number of nitrogens with one attached hydrogen (secondary N) is 2. The molecule has 0 atom stereocenters. The lowest BCUT2D eigenvalue weighted by molar-refractivity contribution is 0.0779. The second-order valence-corrected chi connectivity index (χ2v) is 20.2. The number of hydrogen-bond acceptors (Lipinski definition) is 8. The molecule has 1 aliphatic carbocycles. The van der Waals surface area contributed by atoms with Gasteiger partial charge in [0.1, 0.15) is 10.6 Å². The molecule has 1 fully saturated rings. The first kappa shape index (κ1) is 31.2. The van der Waals surface area contributed by atoms with E-state index in [2.05, 4.69) is 55.0 Å². The number of carbonyl (C=O) groups is 1. The number of aromatic nitrogens is 1. The van der Waals surface area contributed by atoms with Gasteiger partial charge in [-0.15, -0.1) is 11.3 Å². The first-order valence-electron chi connectivity index (χ1n) is 13.0. The zero-order valence-electron chi connectivity index (χ0n) is 24.2. The number of benzene rings is 1. The van der Waals surface area contributed by atoms with Crippen LogP contribution in [0.25, 0.3) is 0 Å². The number of carbonyl (C=O) groups excluding carboxylic acids is 1. The van der Waals surface area contributed by atoms with Crippen LogP contribution in [0.4, 0.5) is 10.5 Å². The lowest BCUT2D eigenvalue weighted by Gasteiger charge is -2.36. The van der Waals surface area contributed by atoms with E-state index in [0.29, 0.717) is 11.3 Å². The molecular weight excluding hydrogens is 553 g/mol. The Labute approximate surface area is 237 Å². The van der Waals surface area contributed by atoms with Crippen molar-refractivity contribution in [2.75, 3.05) is 5.32 Å². The molecule has 1 aromatic carbocycles. The molecule has 2 amide bonds. The Hall–Kier alpha value is -2.30. The van der Waals surface area contributed by atoms with Crippen LogP contribution in [0.5, 0.6) is 0 Å². The summed E-state index contributed by atoms with van der Waals surface area (Å²) in [6.07, 6.45) is 1.89. The number of urea groups is 1. The lowest BCUT2D eigenvalue weighted by atomic mass is 9.93. The highest BCUT2D eigenvalue weighted by Gasteiger charge is 2.39. The highest BCUT2D eigenvalue weighted by molar-refractivity contribution is 7.92. The summed E-state index contributed by atoms with van der Waals surface area (Å²) in [5, 5.41) is 22.9. The zero-order chi connectivity index (χ0) is 29.6. The average molecular weight is 593 g/mol. The number of anilines is 1. The van der Waals surface area contributed by atoms with Crippen LogP contribution in [0.3, 0.4) is 0 Å². The fourth-order valence-corrected chi connectivity index (χ4v) is 7.08. The maximum atomic E-state index is 13.5. The minimum absolute atomic E-state index is 0.00219. The third-order valence-electron chi connectivity index (χ3n) is 7.24. The van der Waals surface area contributed by atoms with E-state index in [1.807, 2.05) is 13.8 Å². The van der Waals surface area contributed by atoms with E-state index in [-0.39, 0.29) is 38.4 Å². The van der Waals surface area contributed by atoms with Crippen molar-refractivity contribution in [3.05, 3.63) is 39.5 Å². The normalized spacial score (nSPS) is 14.8. The third kappa shape index (κ3) is 7.26. The van der Waals surface area contributed by atoms with E-state index in [1.54, 1.807) is 12.1 Å². The van der Waals surface area contributed by atoms with Gasteiger partial charge in [-0.2, -0.15) is 5.26 Å². The van der Waals surface area contributed by atoms with E-state index >= 15 is 0 Å². The van der Waals surface area contributed by atoms with Gasteiger partial charge in [0.15, 0.2) is 12.5 Å². The molecule has 0 saturated heterocycles. The van der Waals surface area contributed by atoms with Gasteiger partial charge < -0.3 is 14.8 Å². The summed E-state index contributed by atoms with van der Waals surface area (Å²) in [6, 6.07) is 4.77. The highest BCUT2D eigenvalue weighted by Crippen LogP contribution is 2.46. The van der Waals surface area contributed by atoms with Crippen LogP contribution in [0.15, 0.2) is 16.3 Å². The molecule has 0 spiro atoms. The van der Waals surface area contributed by atoms with Crippen molar-refractivity contribution in [1.82, 2.24) is 9.71 Å². The Morgan fingerprint density at radius 3 is 2.36 bits per heavy atom. The summed E-state index contributed by atoms with van der Waals surface area (Å²) in [5.74, 6) is 0.218. The second-order valence-electron chi connectivity index (χ2n) is 12.5. The van der Waals surface area contributed by atoms with E-state index in [0.717, 1.165) is 35.3 Å². The van der Waals surface area contributed by atoms with Gasteiger partial charge in [0.25, 0.3) is 10.0 Å².